The summed E-state index contributed by atoms with van der Waals surface area (Å²) in [4.78, 5) is 2.47. The van der Waals surface area contributed by atoms with Crippen LogP contribution < -0.4 is 5.73 Å². The van der Waals surface area contributed by atoms with E-state index in [1.807, 2.05) is 0 Å². The van der Waals surface area contributed by atoms with Gasteiger partial charge in [-0.05, 0) is 49.9 Å². The zero-order valence-corrected chi connectivity index (χ0v) is 12.1. The number of nitrogens with two attached hydrogens (primary N) is 1. The van der Waals surface area contributed by atoms with Gasteiger partial charge in [0.1, 0.15) is 11.6 Å². The average molecular weight is 282 g/mol. The Balaban J connectivity index is 1.92. The zero-order chi connectivity index (χ0) is 14.5. The molecule has 2 N–H and O–H groups in total. The van der Waals surface area contributed by atoms with Gasteiger partial charge in [-0.2, -0.15) is 0 Å². The van der Waals surface area contributed by atoms with Crippen molar-refractivity contribution in [3.8, 4) is 0 Å². The largest absolute Gasteiger partial charge is 0.324 e. The van der Waals surface area contributed by atoms with Crippen LogP contribution in [0.4, 0.5) is 8.78 Å². The van der Waals surface area contributed by atoms with Crippen molar-refractivity contribution < 1.29 is 8.78 Å². The van der Waals surface area contributed by atoms with Crippen LogP contribution in [-0.2, 0) is 0 Å². The molecule has 112 valence electrons. The Morgan fingerprint density at radius 3 is 2.60 bits per heavy atom. The maximum absolute atomic E-state index is 13.2. The number of nitrogens with zero attached hydrogens (tertiary/aromatic N) is 1. The van der Waals surface area contributed by atoms with Crippen LogP contribution in [0.15, 0.2) is 18.2 Å². The van der Waals surface area contributed by atoms with E-state index in [4.69, 9.17) is 5.73 Å². The minimum absolute atomic E-state index is 0.306. The lowest BCUT2D eigenvalue weighted by Crippen LogP contribution is -2.40. The molecule has 0 aromatic heterocycles. The van der Waals surface area contributed by atoms with E-state index in [1.165, 1.54) is 31.4 Å². The summed E-state index contributed by atoms with van der Waals surface area (Å²) in [6.07, 6.45) is 5.68. The molecule has 20 heavy (non-hydrogen) atoms. The Bertz CT molecular complexity index is 416. The summed E-state index contributed by atoms with van der Waals surface area (Å²) in [5.41, 5.74) is 6.63. The fourth-order valence-corrected chi connectivity index (χ4v) is 3.08. The van der Waals surface area contributed by atoms with E-state index in [0.717, 1.165) is 32.0 Å². The van der Waals surface area contributed by atoms with Crippen LogP contribution in [0, 0.1) is 11.6 Å². The Labute approximate surface area is 120 Å². The van der Waals surface area contributed by atoms with E-state index < -0.39 is 11.6 Å². The van der Waals surface area contributed by atoms with Crippen molar-refractivity contribution in [2.75, 3.05) is 13.1 Å². The van der Waals surface area contributed by atoms with Gasteiger partial charge in [-0.3, -0.25) is 0 Å². The van der Waals surface area contributed by atoms with Gasteiger partial charge in [-0.25, -0.2) is 8.78 Å². The van der Waals surface area contributed by atoms with Gasteiger partial charge in [-0.1, -0.05) is 13.3 Å². The second kappa shape index (κ2) is 7.14. The van der Waals surface area contributed by atoms with Crippen molar-refractivity contribution in [3.63, 3.8) is 0 Å². The van der Waals surface area contributed by atoms with Crippen molar-refractivity contribution >= 4 is 0 Å². The van der Waals surface area contributed by atoms with Gasteiger partial charge < -0.3 is 10.6 Å². The van der Waals surface area contributed by atoms with Crippen LogP contribution in [-0.4, -0.2) is 24.0 Å². The molecule has 4 heteroatoms. The van der Waals surface area contributed by atoms with E-state index in [2.05, 4.69) is 11.8 Å². The number of hydrogen-bond acceptors (Lipinski definition) is 2. The Morgan fingerprint density at radius 2 is 1.95 bits per heavy atom. The number of rotatable bonds is 5. The molecular weight excluding hydrogens is 258 g/mol. The van der Waals surface area contributed by atoms with Crippen LogP contribution in [0.5, 0.6) is 0 Å². The first-order valence-corrected chi connectivity index (χ1v) is 7.55. The van der Waals surface area contributed by atoms with Crippen LogP contribution in [0.2, 0.25) is 0 Å². The molecule has 0 spiro atoms. The Morgan fingerprint density at radius 1 is 1.25 bits per heavy atom. The quantitative estimate of drug-likeness (QED) is 0.893. The first kappa shape index (κ1) is 15.4. The summed E-state index contributed by atoms with van der Waals surface area (Å²) in [5.74, 6) is -1.11. The van der Waals surface area contributed by atoms with Crippen LogP contribution >= 0.6 is 0 Å². The van der Waals surface area contributed by atoms with E-state index in [1.54, 1.807) is 0 Å². The van der Waals surface area contributed by atoms with E-state index in [9.17, 15) is 8.78 Å². The topological polar surface area (TPSA) is 29.3 Å². The average Bonchev–Trinajstić information content (AvgIpc) is 2.44. The summed E-state index contributed by atoms with van der Waals surface area (Å²) >= 11 is 0. The highest BCUT2D eigenvalue weighted by Gasteiger charge is 2.21. The van der Waals surface area contributed by atoms with Crippen molar-refractivity contribution in [2.45, 2.75) is 51.1 Å². The van der Waals surface area contributed by atoms with Gasteiger partial charge in [0.2, 0.25) is 0 Å². The highest BCUT2D eigenvalue weighted by molar-refractivity contribution is 5.21. The lowest BCUT2D eigenvalue weighted by Gasteiger charge is -2.35. The molecule has 0 radical (unpaired) electrons. The summed E-state index contributed by atoms with van der Waals surface area (Å²) in [6, 6.07) is 3.89. The monoisotopic (exact) mass is 282 g/mol. The maximum atomic E-state index is 13.2. The fourth-order valence-electron chi connectivity index (χ4n) is 3.08. The third kappa shape index (κ3) is 4.00. The lowest BCUT2D eigenvalue weighted by molar-refractivity contribution is 0.139. The summed E-state index contributed by atoms with van der Waals surface area (Å²) < 4.78 is 26.4. The van der Waals surface area contributed by atoms with Gasteiger partial charge in [0.15, 0.2) is 0 Å². The summed E-state index contributed by atoms with van der Waals surface area (Å²) in [6.45, 7) is 4.23. The van der Waals surface area contributed by atoms with Gasteiger partial charge in [0.25, 0.3) is 0 Å². The summed E-state index contributed by atoms with van der Waals surface area (Å²) in [5, 5.41) is 0. The van der Waals surface area contributed by atoms with Crippen molar-refractivity contribution in [2.24, 2.45) is 5.73 Å². The fraction of sp³-hybridized carbons (Fsp3) is 0.625. The van der Waals surface area contributed by atoms with Crippen molar-refractivity contribution in [1.29, 1.82) is 0 Å². The molecule has 0 bridgehead atoms. The maximum Gasteiger partial charge on any atom is 0.126 e. The number of halogens is 2. The van der Waals surface area contributed by atoms with Crippen LogP contribution in [0.1, 0.15) is 50.6 Å². The highest BCUT2D eigenvalue weighted by atomic mass is 19.1. The third-order valence-electron chi connectivity index (χ3n) is 4.26. The Kier molecular flexibility index (Phi) is 5.49. The van der Waals surface area contributed by atoms with Gasteiger partial charge in [0.05, 0.1) is 0 Å². The number of hydrogen-bond donors (Lipinski definition) is 1. The summed E-state index contributed by atoms with van der Waals surface area (Å²) in [7, 11) is 0. The standard InChI is InChI=1S/C16H24F2N2/c1-2-15-5-3-4-7-20(15)8-6-16(19)12-9-13(17)11-14(18)10-12/h9-11,15-16H,2-8,19H2,1H3. The molecule has 2 atom stereocenters. The molecule has 1 aliphatic rings. The molecule has 1 aromatic rings. The van der Waals surface area contributed by atoms with Gasteiger partial charge in [0, 0.05) is 24.7 Å². The predicted octanol–water partition coefficient (Wildman–Crippen LogP) is 3.62. The molecule has 0 aliphatic carbocycles. The van der Waals surface area contributed by atoms with Gasteiger partial charge in [-0.15, -0.1) is 0 Å². The first-order chi connectivity index (χ1) is 9.60. The first-order valence-electron chi connectivity index (χ1n) is 7.55. The molecule has 0 saturated carbocycles. The lowest BCUT2D eigenvalue weighted by atomic mass is 9.98. The third-order valence-corrected chi connectivity index (χ3v) is 4.26. The number of piperidine rings is 1. The molecule has 1 saturated heterocycles. The molecule has 1 aliphatic heterocycles. The van der Waals surface area contributed by atoms with E-state index >= 15 is 0 Å². The molecule has 1 heterocycles. The highest BCUT2D eigenvalue weighted by Crippen LogP contribution is 2.22. The van der Waals surface area contributed by atoms with E-state index in [-0.39, 0.29) is 6.04 Å². The SMILES string of the molecule is CCC1CCCCN1CCC(N)c1cc(F)cc(F)c1. The molecule has 1 fully saturated rings. The second-order valence-corrected chi connectivity index (χ2v) is 5.69. The molecule has 1 aromatic carbocycles. The normalized spacial score (nSPS) is 21.9. The molecular formula is C16H24F2N2. The predicted molar refractivity (Wildman–Crippen MR) is 77.4 cm³/mol. The number of likely N-dealkylation sites (tertiary alicyclic amines) is 1. The molecule has 2 rings (SSSR count). The van der Waals surface area contributed by atoms with Crippen molar-refractivity contribution in [1.82, 2.24) is 4.90 Å². The van der Waals surface area contributed by atoms with Gasteiger partial charge >= 0.3 is 0 Å². The van der Waals surface area contributed by atoms with Crippen molar-refractivity contribution in [3.05, 3.63) is 35.4 Å². The second-order valence-electron chi connectivity index (χ2n) is 5.69. The molecule has 2 unspecified atom stereocenters. The molecule has 0 amide bonds. The minimum atomic E-state index is -0.556. The van der Waals surface area contributed by atoms with Crippen LogP contribution in [0.25, 0.3) is 0 Å². The van der Waals surface area contributed by atoms with E-state index in [0.29, 0.717) is 11.6 Å². The number of benzene rings is 1. The van der Waals surface area contributed by atoms with Crippen LogP contribution in [0.3, 0.4) is 0 Å². The zero-order valence-electron chi connectivity index (χ0n) is 12.1. The Hall–Kier alpha value is -1.00. The minimum Gasteiger partial charge on any atom is -0.324 e. The smallest absolute Gasteiger partial charge is 0.126 e. The molecule has 2 nitrogen and oxygen atoms in total.